The number of rotatable bonds is 4. The summed E-state index contributed by atoms with van der Waals surface area (Å²) in [6.07, 6.45) is 8.21. The van der Waals surface area contributed by atoms with E-state index in [1.54, 1.807) is 0 Å². The van der Waals surface area contributed by atoms with Gasteiger partial charge in [-0.05, 0) is 43.4 Å². The molecule has 1 aliphatic carbocycles. The standard InChI is InChI=1S/C19H28ClN3O.HI/c20-16-6-4-5-15(13-16)19(9-11-24-12-10-19)14-22-18(21)23-17-7-2-1-3-8-17;/h4-6,13,17H,1-3,7-12,14H2,(H3,21,22,23);1H. The van der Waals surface area contributed by atoms with Crippen molar-refractivity contribution in [1.29, 1.82) is 0 Å². The van der Waals surface area contributed by atoms with E-state index in [0.29, 0.717) is 18.5 Å². The fourth-order valence-electron chi connectivity index (χ4n) is 3.86. The molecule has 3 N–H and O–H groups in total. The van der Waals surface area contributed by atoms with E-state index in [-0.39, 0.29) is 29.4 Å². The lowest BCUT2D eigenvalue weighted by Gasteiger charge is -2.36. The topological polar surface area (TPSA) is 59.6 Å². The van der Waals surface area contributed by atoms with E-state index in [4.69, 9.17) is 27.1 Å². The molecule has 0 aromatic heterocycles. The van der Waals surface area contributed by atoms with Crippen molar-refractivity contribution in [3.63, 3.8) is 0 Å². The van der Waals surface area contributed by atoms with Gasteiger partial charge in [-0.15, -0.1) is 24.0 Å². The lowest BCUT2D eigenvalue weighted by Crippen LogP contribution is -2.43. The molecule has 1 aromatic rings. The maximum absolute atomic E-state index is 6.21. The Bertz CT molecular complexity index is 570. The van der Waals surface area contributed by atoms with Gasteiger partial charge in [0.05, 0.1) is 6.54 Å². The van der Waals surface area contributed by atoms with Crippen LogP contribution in [0, 0.1) is 0 Å². The van der Waals surface area contributed by atoms with E-state index in [1.165, 1.54) is 37.7 Å². The average molecular weight is 478 g/mol. The number of hydrogen-bond acceptors (Lipinski definition) is 2. The highest BCUT2D eigenvalue weighted by Crippen LogP contribution is 2.36. The molecule has 1 aromatic carbocycles. The lowest BCUT2D eigenvalue weighted by molar-refractivity contribution is 0.0531. The van der Waals surface area contributed by atoms with Crippen LogP contribution < -0.4 is 11.1 Å². The summed E-state index contributed by atoms with van der Waals surface area (Å²) in [5.74, 6) is 0.579. The molecular formula is C19H29ClIN3O. The van der Waals surface area contributed by atoms with Gasteiger partial charge >= 0.3 is 0 Å². The molecule has 2 aliphatic rings. The molecule has 2 fully saturated rings. The molecule has 25 heavy (non-hydrogen) atoms. The number of halogens is 2. The van der Waals surface area contributed by atoms with E-state index in [9.17, 15) is 0 Å². The molecule has 0 amide bonds. The minimum atomic E-state index is -0.0258. The van der Waals surface area contributed by atoms with Gasteiger partial charge in [0, 0.05) is 29.7 Å². The number of guanidine groups is 1. The summed E-state index contributed by atoms with van der Waals surface area (Å²) in [6.45, 7) is 2.21. The highest BCUT2D eigenvalue weighted by Gasteiger charge is 2.34. The summed E-state index contributed by atoms with van der Waals surface area (Å²) in [6, 6.07) is 8.63. The molecule has 0 bridgehead atoms. The molecule has 1 heterocycles. The summed E-state index contributed by atoms with van der Waals surface area (Å²) in [4.78, 5) is 4.70. The van der Waals surface area contributed by atoms with Crippen LogP contribution in [0.1, 0.15) is 50.5 Å². The van der Waals surface area contributed by atoms with Gasteiger partial charge in [0.2, 0.25) is 0 Å². The second-order valence-electron chi connectivity index (χ2n) is 7.08. The second kappa shape index (κ2) is 9.97. The van der Waals surface area contributed by atoms with Crippen molar-refractivity contribution in [3.8, 4) is 0 Å². The van der Waals surface area contributed by atoms with Crippen LogP contribution in [0.4, 0.5) is 0 Å². The maximum atomic E-state index is 6.21. The monoisotopic (exact) mass is 477 g/mol. The third-order valence-corrected chi connectivity index (χ3v) is 5.63. The minimum Gasteiger partial charge on any atom is -0.381 e. The van der Waals surface area contributed by atoms with Gasteiger partial charge in [-0.3, -0.25) is 4.99 Å². The number of nitrogens with one attached hydrogen (secondary N) is 1. The van der Waals surface area contributed by atoms with Crippen LogP contribution in [0.15, 0.2) is 29.3 Å². The zero-order chi connectivity index (χ0) is 16.8. The SMILES string of the molecule is I.NC(=NCC1(c2cccc(Cl)c2)CCOCC1)NC1CCCCC1. The van der Waals surface area contributed by atoms with E-state index in [2.05, 4.69) is 17.4 Å². The van der Waals surface area contributed by atoms with Crippen LogP contribution >= 0.6 is 35.6 Å². The van der Waals surface area contributed by atoms with Gasteiger partial charge in [-0.1, -0.05) is 43.0 Å². The van der Waals surface area contributed by atoms with Gasteiger partial charge in [0.25, 0.3) is 0 Å². The first kappa shape index (κ1) is 20.8. The molecule has 6 heteroatoms. The van der Waals surface area contributed by atoms with Gasteiger partial charge in [0.1, 0.15) is 0 Å². The first-order valence-corrected chi connectivity index (χ1v) is 9.46. The van der Waals surface area contributed by atoms with E-state index < -0.39 is 0 Å². The van der Waals surface area contributed by atoms with Crippen LogP contribution in [0.3, 0.4) is 0 Å². The zero-order valence-electron chi connectivity index (χ0n) is 14.7. The van der Waals surface area contributed by atoms with Crippen molar-refractivity contribution in [2.75, 3.05) is 19.8 Å². The largest absolute Gasteiger partial charge is 0.381 e. The van der Waals surface area contributed by atoms with Crippen molar-refractivity contribution in [2.45, 2.75) is 56.4 Å². The summed E-state index contributed by atoms with van der Waals surface area (Å²) in [5.41, 5.74) is 7.39. The van der Waals surface area contributed by atoms with Crippen LogP contribution in [0.2, 0.25) is 5.02 Å². The number of hydrogen-bond donors (Lipinski definition) is 2. The third kappa shape index (κ3) is 5.73. The Morgan fingerprint density at radius 3 is 2.64 bits per heavy atom. The molecule has 1 aliphatic heterocycles. The molecule has 3 rings (SSSR count). The highest BCUT2D eigenvalue weighted by atomic mass is 127. The molecule has 4 nitrogen and oxygen atoms in total. The Kier molecular flexibility index (Phi) is 8.29. The van der Waals surface area contributed by atoms with Gasteiger partial charge in [-0.25, -0.2) is 0 Å². The second-order valence-corrected chi connectivity index (χ2v) is 7.52. The van der Waals surface area contributed by atoms with E-state index >= 15 is 0 Å². The van der Waals surface area contributed by atoms with Crippen molar-refractivity contribution >= 4 is 41.5 Å². The van der Waals surface area contributed by atoms with Crippen molar-refractivity contribution in [1.82, 2.24) is 5.32 Å². The Labute approximate surface area is 173 Å². The predicted molar refractivity (Wildman–Crippen MR) is 115 cm³/mol. The molecule has 0 atom stereocenters. The highest BCUT2D eigenvalue weighted by molar-refractivity contribution is 14.0. The van der Waals surface area contributed by atoms with Crippen LogP contribution in [0.25, 0.3) is 0 Å². The van der Waals surface area contributed by atoms with Crippen LogP contribution in [-0.4, -0.2) is 31.8 Å². The van der Waals surface area contributed by atoms with Crippen LogP contribution in [0.5, 0.6) is 0 Å². The van der Waals surface area contributed by atoms with Gasteiger partial charge in [0.15, 0.2) is 5.96 Å². The fraction of sp³-hybridized carbons (Fsp3) is 0.632. The zero-order valence-corrected chi connectivity index (χ0v) is 17.8. The van der Waals surface area contributed by atoms with Crippen LogP contribution in [-0.2, 0) is 10.2 Å². The molecule has 0 spiro atoms. The smallest absolute Gasteiger partial charge is 0.188 e. The number of nitrogens with zero attached hydrogens (tertiary/aromatic N) is 1. The number of aliphatic imine (C=N–C) groups is 1. The van der Waals surface area contributed by atoms with Crippen molar-refractivity contribution < 1.29 is 4.74 Å². The molecule has 0 radical (unpaired) electrons. The summed E-state index contributed by atoms with van der Waals surface area (Å²) < 4.78 is 5.58. The number of ether oxygens (including phenoxy) is 1. The molecule has 0 unspecified atom stereocenters. The normalized spacial score (nSPS) is 21.4. The molecule has 1 saturated heterocycles. The summed E-state index contributed by atoms with van der Waals surface area (Å²) >= 11 is 6.21. The van der Waals surface area contributed by atoms with E-state index in [0.717, 1.165) is 31.1 Å². The Balaban J connectivity index is 0.00000225. The average Bonchev–Trinajstić information content (AvgIpc) is 2.62. The molecular weight excluding hydrogens is 449 g/mol. The Morgan fingerprint density at radius 1 is 1.24 bits per heavy atom. The first-order chi connectivity index (χ1) is 11.7. The van der Waals surface area contributed by atoms with Crippen molar-refractivity contribution in [3.05, 3.63) is 34.9 Å². The first-order valence-electron chi connectivity index (χ1n) is 9.08. The van der Waals surface area contributed by atoms with Gasteiger partial charge < -0.3 is 15.8 Å². The van der Waals surface area contributed by atoms with E-state index in [1.807, 2.05) is 12.1 Å². The Hall–Kier alpha value is -0.530. The van der Waals surface area contributed by atoms with Crippen molar-refractivity contribution in [2.24, 2.45) is 10.7 Å². The molecule has 1 saturated carbocycles. The predicted octanol–water partition coefficient (Wildman–Crippen LogP) is 4.24. The lowest BCUT2D eigenvalue weighted by atomic mass is 9.74. The summed E-state index contributed by atoms with van der Waals surface area (Å²) in [7, 11) is 0. The summed E-state index contributed by atoms with van der Waals surface area (Å²) in [5, 5.41) is 4.18. The third-order valence-electron chi connectivity index (χ3n) is 5.40. The Morgan fingerprint density at radius 2 is 1.96 bits per heavy atom. The number of nitrogens with two attached hydrogens (primary N) is 1. The fourth-order valence-corrected chi connectivity index (χ4v) is 4.05. The minimum absolute atomic E-state index is 0. The maximum Gasteiger partial charge on any atom is 0.188 e. The molecule has 140 valence electrons. The van der Waals surface area contributed by atoms with Gasteiger partial charge in [-0.2, -0.15) is 0 Å². The number of benzene rings is 1. The quantitative estimate of drug-likeness (QED) is 0.387.